The fraction of sp³-hybridized carbons (Fsp3) is 0.462. The van der Waals surface area contributed by atoms with Crippen LogP contribution < -0.4 is 0 Å². The van der Waals surface area contributed by atoms with Gasteiger partial charge < -0.3 is 0 Å². The molecule has 78 valence electrons. The van der Waals surface area contributed by atoms with E-state index in [9.17, 15) is 0 Å². The summed E-state index contributed by atoms with van der Waals surface area (Å²) in [6, 6.07) is 10.6. The lowest BCUT2D eigenvalue weighted by atomic mass is 10.1. The number of fused-ring (bicyclic) bond motifs is 1. The van der Waals surface area contributed by atoms with E-state index in [-0.39, 0.29) is 0 Å². The third-order valence-electron chi connectivity index (χ3n) is 3.34. The molecule has 15 heavy (non-hydrogen) atoms. The first-order valence-electron chi connectivity index (χ1n) is 5.70. The lowest BCUT2D eigenvalue weighted by Crippen LogP contribution is -2.21. The van der Waals surface area contributed by atoms with Crippen molar-refractivity contribution in [1.82, 2.24) is 0 Å². The van der Waals surface area contributed by atoms with Gasteiger partial charge in [0.1, 0.15) is 0 Å². The van der Waals surface area contributed by atoms with Crippen LogP contribution in [0.5, 0.6) is 0 Å². The quantitative estimate of drug-likeness (QED) is 0.702. The zero-order valence-corrected chi connectivity index (χ0v) is 9.54. The fourth-order valence-corrected chi connectivity index (χ4v) is 3.89. The molecule has 1 nitrogen and oxygen atoms in total. The molecule has 0 amide bonds. The Labute approximate surface area is 95.0 Å². The molecule has 1 aromatic rings. The maximum absolute atomic E-state index is 4.72. The van der Waals surface area contributed by atoms with Crippen LogP contribution in [0, 0.1) is 5.92 Å². The molecule has 0 bridgehead atoms. The molecule has 1 aliphatic carbocycles. The van der Waals surface area contributed by atoms with Crippen molar-refractivity contribution >= 4 is 16.8 Å². The van der Waals surface area contributed by atoms with Crippen LogP contribution >= 0.6 is 11.8 Å². The van der Waals surface area contributed by atoms with Gasteiger partial charge in [-0.1, -0.05) is 36.8 Å². The van der Waals surface area contributed by atoms with E-state index < -0.39 is 0 Å². The molecular weight excluding hydrogens is 202 g/mol. The van der Waals surface area contributed by atoms with Crippen molar-refractivity contribution in [3.8, 4) is 0 Å². The van der Waals surface area contributed by atoms with E-state index in [4.69, 9.17) is 4.99 Å². The minimum absolute atomic E-state index is 0.845. The Morgan fingerprint density at radius 3 is 2.87 bits per heavy atom. The molecule has 1 saturated carbocycles. The van der Waals surface area contributed by atoms with Crippen molar-refractivity contribution in [2.45, 2.75) is 24.5 Å². The van der Waals surface area contributed by atoms with E-state index >= 15 is 0 Å². The molecule has 2 heteroatoms. The molecule has 3 rings (SSSR count). The Morgan fingerprint density at radius 2 is 2.00 bits per heavy atom. The second-order valence-corrected chi connectivity index (χ2v) is 5.59. The van der Waals surface area contributed by atoms with Gasteiger partial charge in [-0.2, -0.15) is 0 Å². The highest BCUT2D eigenvalue weighted by molar-refractivity contribution is 8.15. The highest BCUT2D eigenvalue weighted by atomic mass is 32.2. The number of aliphatic imine (C=N–C) groups is 1. The van der Waals surface area contributed by atoms with Gasteiger partial charge in [0, 0.05) is 17.4 Å². The Hall–Kier alpha value is -0.760. The molecule has 1 aromatic carbocycles. The summed E-state index contributed by atoms with van der Waals surface area (Å²) in [5, 5.41) is 2.11. The standard InChI is InChI=1S/C13H15NS/c1-2-5-10(6-3-1)13-14-9-11-7-4-8-12(11)15-13/h1-3,5-6,11-12H,4,7-9H2/t11-,12+/m1/s1. The fourth-order valence-electron chi connectivity index (χ4n) is 2.49. The molecule has 0 spiro atoms. The molecule has 1 aliphatic heterocycles. The zero-order chi connectivity index (χ0) is 10.1. The molecule has 0 saturated heterocycles. The van der Waals surface area contributed by atoms with Crippen molar-refractivity contribution in [2.75, 3.05) is 6.54 Å². The van der Waals surface area contributed by atoms with Crippen LogP contribution in [0.2, 0.25) is 0 Å². The Morgan fingerprint density at radius 1 is 1.13 bits per heavy atom. The second kappa shape index (κ2) is 4.01. The number of hydrogen-bond donors (Lipinski definition) is 0. The molecule has 2 atom stereocenters. The highest BCUT2D eigenvalue weighted by Gasteiger charge is 2.31. The predicted octanol–water partition coefficient (Wildman–Crippen LogP) is 3.35. The van der Waals surface area contributed by atoms with Crippen LogP contribution in [0.4, 0.5) is 0 Å². The average Bonchev–Trinajstić information content (AvgIpc) is 2.77. The van der Waals surface area contributed by atoms with Crippen LogP contribution in [-0.4, -0.2) is 16.8 Å². The van der Waals surface area contributed by atoms with Gasteiger partial charge in [-0.25, -0.2) is 0 Å². The molecule has 1 fully saturated rings. The normalized spacial score (nSPS) is 29.7. The lowest BCUT2D eigenvalue weighted by molar-refractivity contribution is 0.572. The van der Waals surface area contributed by atoms with E-state index in [0.717, 1.165) is 17.7 Å². The van der Waals surface area contributed by atoms with Crippen LogP contribution in [0.15, 0.2) is 35.3 Å². The second-order valence-electron chi connectivity index (χ2n) is 4.36. The highest BCUT2D eigenvalue weighted by Crippen LogP contribution is 2.40. The Kier molecular flexibility index (Phi) is 2.53. The number of hydrogen-bond acceptors (Lipinski definition) is 2. The van der Waals surface area contributed by atoms with Gasteiger partial charge in [-0.3, -0.25) is 4.99 Å². The number of nitrogens with zero attached hydrogens (tertiary/aromatic N) is 1. The van der Waals surface area contributed by atoms with Gasteiger partial charge >= 0.3 is 0 Å². The number of thioether (sulfide) groups is 1. The summed E-state index contributed by atoms with van der Waals surface area (Å²) >= 11 is 2.01. The molecule has 0 aromatic heterocycles. The summed E-state index contributed by atoms with van der Waals surface area (Å²) in [6.45, 7) is 1.06. The average molecular weight is 217 g/mol. The predicted molar refractivity (Wildman–Crippen MR) is 66.6 cm³/mol. The van der Waals surface area contributed by atoms with Crippen molar-refractivity contribution in [3.63, 3.8) is 0 Å². The Bertz CT molecular complexity index is 371. The van der Waals surface area contributed by atoms with Gasteiger partial charge in [0.15, 0.2) is 0 Å². The van der Waals surface area contributed by atoms with E-state index in [1.165, 1.54) is 29.9 Å². The summed E-state index contributed by atoms with van der Waals surface area (Å²) in [5.74, 6) is 0.863. The maximum Gasteiger partial charge on any atom is 0.0979 e. The molecule has 2 aliphatic rings. The summed E-state index contributed by atoms with van der Waals surface area (Å²) < 4.78 is 0. The third-order valence-corrected chi connectivity index (χ3v) is 4.85. The number of benzene rings is 1. The summed E-state index contributed by atoms with van der Waals surface area (Å²) in [5.41, 5.74) is 1.30. The van der Waals surface area contributed by atoms with Crippen molar-refractivity contribution < 1.29 is 0 Å². The molecule has 1 heterocycles. The molecular formula is C13H15NS. The Balaban J connectivity index is 1.84. The minimum atomic E-state index is 0.845. The first-order chi connectivity index (χ1) is 7.43. The summed E-state index contributed by atoms with van der Waals surface area (Å²) in [7, 11) is 0. The topological polar surface area (TPSA) is 12.4 Å². The van der Waals surface area contributed by atoms with E-state index in [1.54, 1.807) is 0 Å². The molecule has 0 unspecified atom stereocenters. The first-order valence-corrected chi connectivity index (χ1v) is 6.58. The minimum Gasteiger partial charge on any atom is -0.277 e. The van der Waals surface area contributed by atoms with Crippen molar-refractivity contribution in [1.29, 1.82) is 0 Å². The van der Waals surface area contributed by atoms with Crippen molar-refractivity contribution in [2.24, 2.45) is 10.9 Å². The molecule has 0 N–H and O–H groups in total. The van der Waals surface area contributed by atoms with Gasteiger partial charge in [-0.05, 0) is 18.8 Å². The maximum atomic E-state index is 4.72. The van der Waals surface area contributed by atoms with Crippen molar-refractivity contribution in [3.05, 3.63) is 35.9 Å². The van der Waals surface area contributed by atoms with Gasteiger partial charge in [0.2, 0.25) is 0 Å². The molecule has 0 radical (unpaired) electrons. The summed E-state index contributed by atoms with van der Waals surface area (Å²) in [4.78, 5) is 4.72. The van der Waals surface area contributed by atoms with Gasteiger partial charge in [0.25, 0.3) is 0 Å². The lowest BCUT2D eigenvalue weighted by Gasteiger charge is -2.23. The smallest absolute Gasteiger partial charge is 0.0979 e. The van der Waals surface area contributed by atoms with E-state index in [0.29, 0.717) is 0 Å². The van der Waals surface area contributed by atoms with Gasteiger partial charge in [0.05, 0.1) is 5.04 Å². The summed E-state index contributed by atoms with van der Waals surface area (Å²) in [6.07, 6.45) is 4.18. The monoisotopic (exact) mass is 217 g/mol. The van der Waals surface area contributed by atoms with Crippen LogP contribution in [0.25, 0.3) is 0 Å². The SMILES string of the molecule is c1ccc(C2=NC[C@H]3CCC[C@@H]3S2)cc1. The first kappa shape index (κ1) is 9.46. The largest absolute Gasteiger partial charge is 0.277 e. The van der Waals surface area contributed by atoms with Crippen LogP contribution in [-0.2, 0) is 0 Å². The van der Waals surface area contributed by atoms with E-state index in [2.05, 4.69) is 30.3 Å². The number of rotatable bonds is 1. The van der Waals surface area contributed by atoms with Crippen LogP contribution in [0.1, 0.15) is 24.8 Å². The third kappa shape index (κ3) is 1.83. The van der Waals surface area contributed by atoms with E-state index in [1.807, 2.05) is 11.8 Å². The zero-order valence-electron chi connectivity index (χ0n) is 8.73. The van der Waals surface area contributed by atoms with Gasteiger partial charge in [-0.15, -0.1) is 11.8 Å². The van der Waals surface area contributed by atoms with Crippen LogP contribution in [0.3, 0.4) is 0 Å².